The quantitative estimate of drug-likeness (QED) is 0.809. The lowest BCUT2D eigenvalue weighted by Crippen LogP contribution is -2.57. The molecule has 1 aromatic rings. The van der Waals surface area contributed by atoms with Gasteiger partial charge in [-0.15, -0.1) is 0 Å². The van der Waals surface area contributed by atoms with Crippen LogP contribution in [0.5, 0.6) is 0 Å². The molecule has 100 valence electrons. The second-order valence-corrected chi connectivity index (χ2v) is 6.34. The van der Waals surface area contributed by atoms with Crippen LogP contribution in [0.25, 0.3) is 0 Å². The van der Waals surface area contributed by atoms with Crippen LogP contribution in [0, 0.1) is 5.82 Å². The van der Waals surface area contributed by atoms with E-state index in [1.807, 2.05) is 0 Å². The third-order valence-corrected chi connectivity index (χ3v) is 4.33. The molecule has 0 radical (unpaired) electrons. The number of benzene rings is 1. The van der Waals surface area contributed by atoms with Gasteiger partial charge in [-0.25, -0.2) is 4.39 Å². The molecule has 0 amide bonds. The summed E-state index contributed by atoms with van der Waals surface area (Å²) in [5.74, 6) is -0.268. The zero-order chi connectivity index (χ0) is 13.5. The van der Waals surface area contributed by atoms with Gasteiger partial charge in [-0.05, 0) is 42.9 Å². The first-order valence-corrected chi connectivity index (χ1v) is 6.81. The predicted molar refractivity (Wildman–Crippen MR) is 77.4 cm³/mol. The van der Waals surface area contributed by atoms with Crippen LogP contribution in [0.1, 0.15) is 13.8 Å². The van der Waals surface area contributed by atoms with Gasteiger partial charge >= 0.3 is 0 Å². The van der Waals surface area contributed by atoms with Crippen LogP contribution in [-0.4, -0.2) is 37.1 Å². The molecule has 0 saturated carbocycles. The van der Waals surface area contributed by atoms with E-state index in [1.165, 1.54) is 6.07 Å². The minimum absolute atomic E-state index is 0.0637. The van der Waals surface area contributed by atoms with E-state index in [1.54, 1.807) is 6.07 Å². The van der Waals surface area contributed by atoms with Crippen molar-refractivity contribution >= 4 is 27.3 Å². The summed E-state index contributed by atoms with van der Waals surface area (Å²) in [6.45, 7) is 7.03. The van der Waals surface area contributed by atoms with E-state index in [2.05, 4.69) is 46.6 Å². The molecule has 2 N–H and O–H groups in total. The third-order valence-electron chi connectivity index (χ3n) is 3.73. The number of nitrogens with two attached hydrogens (primary N) is 1. The van der Waals surface area contributed by atoms with Crippen molar-refractivity contribution in [2.75, 3.05) is 37.3 Å². The fraction of sp³-hybridized carbons (Fsp3) is 0.538. The van der Waals surface area contributed by atoms with Gasteiger partial charge in [0.05, 0.1) is 15.8 Å². The molecule has 18 heavy (non-hydrogen) atoms. The summed E-state index contributed by atoms with van der Waals surface area (Å²) in [6.07, 6.45) is 0. The Morgan fingerprint density at radius 2 is 2.00 bits per heavy atom. The second-order valence-electron chi connectivity index (χ2n) is 5.48. The number of piperazine rings is 1. The normalized spacial score (nSPS) is 20.2. The van der Waals surface area contributed by atoms with Gasteiger partial charge in [0.15, 0.2) is 0 Å². The zero-order valence-corrected chi connectivity index (χ0v) is 12.6. The van der Waals surface area contributed by atoms with Crippen molar-refractivity contribution in [3.05, 3.63) is 22.4 Å². The lowest BCUT2D eigenvalue weighted by molar-refractivity contribution is 0.139. The lowest BCUT2D eigenvalue weighted by Gasteiger charge is -2.46. The van der Waals surface area contributed by atoms with Crippen LogP contribution in [0.3, 0.4) is 0 Å². The highest BCUT2D eigenvalue weighted by atomic mass is 79.9. The van der Waals surface area contributed by atoms with Crippen LogP contribution < -0.4 is 10.6 Å². The van der Waals surface area contributed by atoms with Crippen molar-refractivity contribution < 1.29 is 4.39 Å². The largest absolute Gasteiger partial charge is 0.397 e. The van der Waals surface area contributed by atoms with Gasteiger partial charge in [0, 0.05) is 31.2 Å². The number of rotatable bonds is 1. The molecule has 1 fully saturated rings. The SMILES string of the molecule is CN1CCN(c2cc(F)c(Br)cc2N)CC1(C)C. The van der Waals surface area contributed by atoms with E-state index in [4.69, 9.17) is 5.73 Å². The summed E-state index contributed by atoms with van der Waals surface area (Å²) in [4.78, 5) is 4.47. The number of hydrogen-bond acceptors (Lipinski definition) is 3. The Kier molecular flexibility index (Phi) is 3.56. The molecule has 1 heterocycles. The van der Waals surface area contributed by atoms with E-state index in [-0.39, 0.29) is 11.4 Å². The highest BCUT2D eigenvalue weighted by molar-refractivity contribution is 9.10. The minimum Gasteiger partial charge on any atom is -0.397 e. The lowest BCUT2D eigenvalue weighted by atomic mass is 9.99. The van der Waals surface area contributed by atoms with E-state index < -0.39 is 0 Å². The monoisotopic (exact) mass is 315 g/mol. The summed E-state index contributed by atoms with van der Waals surface area (Å²) in [5, 5.41) is 0. The van der Waals surface area contributed by atoms with Crippen LogP contribution in [0.15, 0.2) is 16.6 Å². The van der Waals surface area contributed by atoms with Crippen molar-refractivity contribution in [3.8, 4) is 0 Å². The maximum absolute atomic E-state index is 13.6. The summed E-state index contributed by atoms with van der Waals surface area (Å²) in [7, 11) is 2.11. The smallest absolute Gasteiger partial charge is 0.139 e. The van der Waals surface area contributed by atoms with Gasteiger partial charge < -0.3 is 10.6 Å². The average Bonchev–Trinajstić information content (AvgIpc) is 2.27. The molecule has 1 saturated heterocycles. The Hall–Kier alpha value is -0.810. The number of nitrogen functional groups attached to an aromatic ring is 1. The molecular weight excluding hydrogens is 297 g/mol. The predicted octanol–water partition coefficient (Wildman–Crippen LogP) is 2.70. The number of anilines is 2. The Balaban J connectivity index is 2.30. The molecule has 0 unspecified atom stereocenters. The summed E-state index contributed by atoms with van der Waals surface area (Å²) in [5.41, 5.74) is 7.46. The number of hydrogen-bond donors (Lipinski definition) is 1. The molecule has 3 nitrogen and oxygen atoms in total. The highest BCUT2D eigenvalue weighted by Crippen LogP contribution is 2.32. The number of nitrogens with zero attached hydrogens (tertiary/aromatic N) is 2. The maximum Gasteiger partial charge on any atom is 0.139 e. The Morgan fingerprint density at radius 1 is 1.33 bits per heavy atom. The molecular formula is C13H19BrFN3. The van der Waals surface area contributed by atoms with Gasteiger partial charge in [0.1, 0.15) is 5.82 Å². The Morgan fingerprint density at radius 3 is 2.61 bits per heavy atom. The summed E-state index contributed by atoms with van der Waals surface area (Å²) in [6, 6.07) is 3.15. The molecule has 0 aliphatic carbocycles. The van der Waals surface area contributed by atoms with E-state index in [0.717, 1.165) is 25.3 Å². The van der Waals surface area contributed by atoms with Crippen molar-refractivity contribution in [1.29, 1.82) is 0 Å². The molecule has 0 aromatic heterocycles. The van der Waals surface area contributed by atoms with Gasteiger partial charge in [-0.3, -0.25) is 4.90 Å². The van der Waals surface area contributed by atoms with E-state index in [9.17, 15) is 4.39 Å². The molecule has 1 aromatic carbocycles. The molecule has 0 bridgehead atoms. The van der Waals surface area contributed by atoms with Crippen molar-refractivity contribution in [2.24, 2.45) is 0 Å². The Bertz CT molecular complexity index is 462. The fourth-order valence-electron chi connectivity index (χ4n) is 2.27. The van der Waals surface area contributed by atoms with Crippen LogP contribution in [0.2, 0.25) is 0 Å². The zero-order valence-electron chi connectivity index (χ0n) is 11.0. The molecule has 1 aliphatic heterocycles. The number of likely N-dealkylation sites (N-methyl/N-ethyl adjacent to an activating group) is 1. The maximum atomic E-state index is 13.6. The fourth-order valence-corrected chi connectivity index (χ4v) is 2.63. The standard InChI is InChI=1S/C13H19BrFN3/c1-13(2)8-18(5-4-17(13)3)12-7-10(15)9(14)6-11(12)16/h6-7H,4-5,8,16H2,1-3H3. The third kappa shape index (κ3) is 2.47. The molecule has 0 atom stereocenters. The van der Waals surface area contributed by atoms with E-state index in [0.29, 0.717) is 10.2 Å². The van der Waals surface area contributed by atoms with Gasteiger partial charge in [-0.1, -0.05) is 0 Å². The first kappa shape index (κ1) is 13.6. The highest BCUT2D eigenvalue weighted by Gasteiger charge is 2.31. The number of halogens is 2. The van der Waals surface area contributed by atoms with Crippen LogP contribution in [-0.2, 0) is 0 Å². The molecule has 5 heteroatoms. The van der Waals surface area contributed by atoms with Crippen molar-refractivity contribution in [2.45, 2.75) is 19.4 Å². The van der Waals surface area contributed by atoms with Crippen molar-refractivity contribution in [3.63, 3.8) is 0 Å². The summed E-state index contributed by atoms with van der Waals surface area (Å²) < 4.78 is 14.1. The van der Waals surface area contributed by atoms with Gasteiger partial charge in [-0.2, -0.15) is 0 Å². The molecule has 1 aliphatic rings. The average molecular weight is 316 g/mol. The van der Waals surface area contributed by atoms with Crippen molar-refractivity contribution in [1.82, 2.24) is 4.90 Å². The molecule has 2 rings (SSSR count). The first-order valence-electron chi connectivity index (χ1n) is 6.02. The topological polar surface area (TPSA) is 32.5 Å². The van der Waals surface area contributed by atoms with E-state index >= 15 is 0 Å². The van der Waals surface area contributed by atoms with Crippen LogP contribution >= 0.6 is 15.9 Å². The van der Waals surface area contributed by atoms with Gasteiger partial charge in [0.25, 0.3) is 0 Å². The van der Waals surface area contributed by atoms with Crippen LogP contribution in [0.4, 0.5) is 15.8 Å². The Labute approximate surface area is 116 Å². The summed E-state index contributed by atoms with van der Waals surface area (Å²) >= 11 is 3.15. The second kappa shape index (κ2) is 4.70. The first-order chi connectivity index (χ1) is 8.31. The minimum atomic E-state index is -0.268. The molecule has 0 spiro atoms. The van der Waals surface area contributed by atoms with Gasteiger partial charge in [0.2, 0.25) is 0 Å².